The highest BCUT2D eigenvalue weighted by Gasteiger charge is 2.48. The standard InChI is InChI=1S/C28H34N6O2.C28H32N6O2.C21H24N6O/c2*29-13-20-11-24(21-14-30-34(15-21)22-7-8-23(35)12-22)26(18-3-4-18)31-27(20)32-9-10-33(28(36)19-5-6-19)25(16-32)17-1-2-17;1-13-12-26(6-7-27(13)21(28)15-4-5-15)20-16(9-22)8-18(17-10-23-24-11-17)19(25-20)14-2-3-14/h11,14-15,17-19,22-23,25,35H,1-10,12,16H2;11,14-15,17-19,22,25H,1-10,12,16H2;8,10-11,13-15H,2-7,12H2,1H3,(H,23,24)/t22?,23?,25-;22?,25-;13-/m001/s1. The predicted molar refractivity (Wildman–Crippen MR) is 372 cm³/mol. The number of pyridine rings is 3. The fourth-order valence-electron chi connectivity index (χ4n) is 16.7. The summed E-state index contributed by atoms with van der Waals surface area (Å²) in [7, 11) is 0. The van der Waals surface area contributed by atoms with Crippen molar-refractivity contribution < 1.29 is 24.3 Å². The van der Waals surface area contributed by atoms with Crippen molar-refractivity contribution in [3.63, 3.8) is 0 Å². The number of aliphatic hydroxyl groups excluding tert-OH is 1. The largest absolute Gasteiger partial charge is 0.393 e. The van der Waals surface area contributed by atoms with E-state index in [-0.39, 0.29) is 54.1 Å². The first kappa shape index (κ1) is 64.4. The third-order valence-electron chi connectivity index (χ3n) is 23.7. The van der Waals surface area contributed by atoms with Crippen LogP contribution in [0.2, 0.25) is 0 Å². The first-order chi connectivity index (χ1) is 48.8. The molecule has 6 aromatic rings. The van der Waals surface area contributed by atoms with Gasteiger partial charge in [-0.3, -0.25) is 33.6 Å². The number of hydrogen-bond donors (Lipinski definition) is 2. The van der Waals surface area contributed by atoms with Crippen LogP contribution in [0.5, 0.6) is 0 Å². The van der Waals surface area contributed by atoms with Gasteiger partial charge in [-0.2, -0.15) is 31.1 Å². The van der Waals surface area contributed by atoms with Gasteiger partial charge >= 0.3 is 0 Å². The van der Waals surface area contributed by atoms with Crippen LogP contribution >= 0.6 is 0 Å². The van der Waals surface area contributed by atoms with E-state index in [1.807, 2.05) is 57.2 Å². The van der Waals surface area contributed by atoms with Gasteiger partial charge in [0.25, 0.3) is 0 Å². The molecule has 23 nitrogen and oxygen atoms in total. The SMILES string of the molecule is C[C@@H]1CN(c2nc(C3CC3)c(-c3cn[nH]c3)cc2C#N)CCN1C(=O)C1CC1.N#Cc1cc(-c2cnn(C3CCC(=O)C3)c2)c(C2CC2)nc1N1CCN(C(=O)C2CC2)[C@H](C2CC2)C1.N#Cc1cc(-c2cnn(C3CCC(O)C3)c2)c(C2CC2)nc1N1CCN(C(=O)C2CC2)[C@H](C2CC2)C1. The number of H-pyrrole nitrogens is 1. The van der Waals surface area contributed by atoms with Crippen molar-refractivity contribution in [2.75, 3.05) is 73.6 Å². The number of nitrogens with zero attached hydrogens (tertiary/aromatic N) is 17. The fourth-order valence-corrected chi connectivity index (χ4v) is 16.7. The van der Waals surface area contributed by atoms with E-state index in [9.17, 15) is 40.1 Å². The Labute approximate surface area is 583 Å². The monoisotopic (exact) mass is 1350 g/mol. The van der Waals surface area contributed by atoms with Gasteiger partial charge in [0.1, 0.15) is 41.4 Å². The summed E-state index contributed by atoms with van der Waals surface area (Å²) < 4.78 is 3.91. The molecule has 0 bridgehead atoms. The minimum atomic E-state index is -0.240. The van der Waals surface area contributed by atoms with Crippen molar-refractivity contribution in [2.24, 2.45) is 29.6 Å². The molecule has 0 radical (unpaired) electrons. The Morgan fingerprint density at radius 2 is 0.930 bits per heavy atom. The smallest absolute Gasteiger partial charge is 0.226 e. The van der Waals surface area contributed by atoms with E-state index in [4.69, 9.17) is 15.0 Å². The summed E-state index contributed by atoms with van der Waals surface area (Å²) in [6.45, 7) is 8.67. The Morgan fingerprint density at radius 1 is 0.500 bits per heavy atom. The number of nitrogens with one attached hydrogen (secondary N) is 1. The molecule has 19 rings (SSSR count). The van der Waals surface area contributed by atoms with Crippen molar-refractivity contribution in [1.82, 2.24) is 59.4 Å². The molecule has 10 aliphatic carbocycles. The second-order valence-electron chi connectivity index (χ2n) is 31.4. The summed E-state index contributed by atoms with van der Waals surface area (Å²) in [5, 5.41) is 56.2. The van der Waals surface area contributed by atoms with Crippen LogP contribution in [-0.2, 0) is 19.2 Å². The molecule has 23 heteroatoms. The topological polar surface area (TPSA) is 282 Å². The molecule has 3 unspecified atom stereocenters. The van der Waals surface area contributed by atoms with Crippen LogP contribution in [-0.4, -0.2) is 171 Å². The molecule has 6 aromatic heterocycles. The first-order valence-corrected chi connectivity index (χ1v) is 37.6. The van der Waals surface area contributed by atoms with Gasteiger partial charge in [-0.25, -0.2) is 15.0 Å². The van der Waals surface area contributed by atoms with Crippen LogP contribution < -0.4 is 14.7 Å². The van der Waals surface area contributed by atoms with Crippen molar-refractivity contribution in [3.05, 3.63) is 89.2 Å². The van der Waals surface area contributed by atoms with Crippen LogP contribution in [0, 0.1) is 63.6 Å². The number of nitriles is 3. The number of rotatable bonds is 16. The Bertz CT molecular complexity index is 4280. The minimum absolute atomic E-state index is 0.132. The molecule has 3 saturated heterocycles. The number of carbonyl (C=O) groups is 4. The zero-order valence-corrected chi connectivity index (χ0v) is 57.4. The predicted octanol–water partition coefficient (Wildman–Crippen LogP) is 10.1. The number of ketones is 1. The van der Waals surface area contributed by atoms with E-state index in [0.29, 0.717) is 89.2 Å². The fraction of sp³-hybridized carbons (Fsp3) is 0.597. The van der Waals surface area contributed by atoms with Crippen molar-refractivity contribution >= 4 is 41.0 Å². The van der Waals surface area contributed by atoms with E-state index in [1.165, 1.54) is 25.7 Å². The maximum atomic E-state index is 13.0. The Morgan fingerprint density at radius 3 is 1.30 bits per heavy atom. The molecule has 2 N–H and O–H groups in total. The van der Waals surface area contributed by atoms with E-state index >= 15 is 0 Å². The summed E-state index contributed by atoms with van der Waals surface area (Å²) in [6.07, 6.45) is 33.5. The Balaban J connectivity index is 0.000000113. The highest BCUT2D eigenvalue weighted by Crippen LogP contribution is 2.50. The number of aliphatic hydroxyl groups is 1. The molecule has 0 spiro atoms. The lowest BCUT2D eigenvalue weighted by Crippen LogP contribution is -2.57. The van der Waals surface area contributed by atoms with Crippen molar-refractivity contribution in [1.29, 1.82) is 15.8 Å². The molecular formula is C77H90N18O5. The van der Waals surface area contributed by atoms with Crippen molar-refractivity contribution in [3.8, 4) is 51.6 Å². The molecule has 3 aliphatic heterocycles. The number of hydrogen-bond acceptors (Lipinski definition) is 17. The summed E-state index contributed by atoms with van der Waals surface area (Å²) in [5.41, 5.74) is 11.0. The van der Waals surface area contributed by atoms with E-state index in [0.717, 1.165) is 223 Å². The van der Waals surface area contributed by atoms with Crippen LogP contribution in [0.15, 0.2) is 55.4 Å². The molecule has 0 aromatic carbocycles. The maximum Gasteiger partial charge on any atom is 0.226 e. The second-order valence-corrected chi connectivity index (χ2v) is 31.4. The maximum absolute atomic E-state index is 13.0. The number of Topliss-reactive ketones (excluding diaryl/α,β-unsaturated/α-hetero) is 1. The number of piperazine rings is 3. The summed E-state index contributed by atoms with van der Waals surface area (Å²) >= 11 is 0. The van der Waals surface area contributed by atoms with Gasteiger partial charge in [0.15, 0.2) is 0 Å². The first-order valence-electron chi connectivity index (χ1n) is 37.6. The number of anilines is 3. The van der Waals surface area contributed by atoms with Crippen LogP contribution in [0.1, 0.15) is 212 Å². The normalized spacial score (nSPS) is 25.9. The Kier molecular flexibility index (Phi) is 17.1. The average molecular weight is 1350 g/mol. The molecular weight excluding hydrogens is 1260 g/mol. The molecule has 518 valence electrons. The van der Waals surface area contributed by atoms with Gasteiger partial charge in [-0.15, -0.1) is 0 Å². The zero-order valence-electron chi connectivity index (χ0n) is 57.4. The molecule has 100 heavy (non-hydrogen) atoms. The molecule has 13 fully saturated rings. The number of amides is 3. The average Bonchev–Trinajstić information content (AvgIpc) is 1.76. The van der Waals surface area contributed by atoms with Gasteiger partial charge in [0, 0.05) is 165 Å². The molecule has 10 saturated carbocycles. The molecule has 9 heterocycles. The highest BCUT2D eigenvalue weighted by atomic mass is 16.3. The van der Waals surface area contributed by atoms with Crippen molar-refractivity contribution in [2.45, 2.75) is 202 Å². The van der Waals surface area contributed by atoms with Gasteiger partial charge in [-0.1, -0.05) is 0 Å². The highest BCUT2D eigenvalue weighted by molar-refractivity contribution is 5.84. The van der Waals surface area contributed by atoms with Gasteiger partial charge in [0.2, 0.25) is 17.7 Å². The summed E-state index contributed by atoms with van der Waals surface area (Å²) in [4.78, 5) is 78.6. The molecule has 13 aliphatic rings. The summed E-state index contributed by atoms with van der Waals surface area (Å²) in [5.74, 6) is 6.85. The number of aromatic nitrogens is 9. The third-order valence-corrected chi connectivity index (χ3v) is 23.7. The van der Waals surface area contributed by atoms with Gasteiger partial charge in [0.05, 0.1) is 82.6 Å². The lowest BCUT2D eigenvalue weighted by molar-refractivity contribution is -0.136. The van der Waals surface area contributed by atoms with Crippen LogP contribution in [0.25, 0.3) is 33.4 Å². The van der Waals surface area contributed by atoms with Gasteiger partial charge in [-0.05, 0) is 165 Å². The zero-order chi connectivity index (χ0) is 68.0. The minimum Gasteiger partial charge on any atom is -0.393 e. The van der Waals surface area contributed by atoms with Gasteiger partial charge < -0.3 is 34.5 Å². The quantitative estimate of drug-likeness (QED) is 0.0911. The van der Waals surface area contributed by atoms with E-state index in [1.54, 1.807) is 6.20 Å². The van der Waals surface area contributed by atoms with Crippen LogP contribution in [0.4, 0.5) is 17.5 Å². The molecule has 3 amide bonds. The lowest BCUT2D eigenvalue weighted by atomic mass is 10.0. The van der Waals surface area contributed by atoms with Crippen LogP contribution in [0.3, 0.4) is 0 Å². The molecule has 6 atom stereocenters. The second kappa shape index (κ2) is 26.5. The number of aromatic amines is 1. The van der Waals surface area contributed by atoms with E-state index < -0.39 is 0 Å². The summed E-state index contributed by atoms with van der Waals surface area (Å²) in [6, 6.07) is 14.2. The third kappa shape index (κ3) is 13.4. The van der Waals surface area contributed by atoms with E-state index in [2.05, 4.69) is 76.2 Å². The Hall–Kier alpha value is -9.01. The number of carbonyl (C=O) groups excluding carboxylic acids is 4. The lowest BCUT2D eigenvalue weighted by Gasteiger charge is -2.43.